The zero-order valence-corrected chi connectivity index (χ0v) is 13.5. The Hall–Kier alpha value is -0.0800. The number of hydrogen-bond acceptors (Lipinski definition) is 2. The van der Waals surface area contributed by atoms with Crippen LogP contribution >= 0.6 is 0 Å². The van der Waals surface area contributed by atoms with Gasteiger partial charge in [-0.25, -0.2) is 0 Å². The van der Waals surface area contributed by atoms with Gasteiger partial charge < -0.3 is 10.2 Å². The highest BCUT2D eigenvalue weighted by Crippen LogP contribution is 2.39. The van der Waals surface area contributed by atoms with Crippen molar-refractivity contribution in [1.82, 2.24) is 10.2 Å². The summed E-state index contributed by atoms with van der Waals surface area (Å²) in [5.41, 5.74) is 0.631. The molecule has 1 aliphatic heterocycles. The lowest BCUT2D eigenvalue weighted by Crippen LogP contribution is -2.54. The van der Waals surface area contributed by atoms with E-state index in [9.17, 15) is 0 Å². The van der Waals surface area contributed by atoms with E-state index in [0.29, 0.717) is 5.41 Å². The predicted molar refractivity (Wildman–Crippen MR) is 83.4 cm³/mol. The molecule has 0 spiro atoms. The first-order valence-electron chi connectivity index (χ1n) is 8.49. The van der Waals surface area contributed by atoms with E-state index in [2.05, 4.69) is 37.9 Å². The number of nitrogens with one attached hydrogen (secondary N) is 1. The van der Waals surface area contributed by atoms with Gasteiger partial charge in [0.05, 0.1) is 0 Å². The SMILES string of the molecule is CCC1(C)CCN(C2CCC2CNCC(C)C)CC1. The van der Waals surface area contributed by atoms with E-state index in [1.807, 2.05) is 0 Å². The summed E-state index contributed by atoms with van der Waals surface area (Å²) >= 11 is 0. The molecule has 1 heterocycles. The molecule has 2 aliphatic rings. The fourth-order valence-corrected chi connectivity index (χ4v) is 3.58. The minimum Gasteiger partial charge on any atom is -0.316 e. The van der Waals surface area contributed by atoms with Crippen molar-refractivity contribution in [1.29, 1.82) is 0 Å². The molecule has 2 atom stereocenters. The van der Waals surface area contributed by atoms with Crippen molar-refractivity contribution in [3.63, 3.8) is 0 Å². The predicted octanol–water partition coefficient (Wildman–Crippen LogP) is 3.52. The van der Waals surface area contributed by atoms with Gasteiger partial charge in [0.1, 0.15) is 0 Å². The van der Waals surface area contributed by atoms with Crippen molar-refractivity contribution in [2.24, 2.45) is 17.3 Å². The molecule has 2 fully saturated rings. The van der Waals surface area contributed by atoms with Crippen molar-refractivity contribution < 1.29 is 0 Å². The molecule has 0 aromatic carbocycles. The first-order valence-corrected chi connectivity index (χ1v) is 8.49. The molecule has 0 amide bonds. The maximum atomic E-state index is 3.66. The zero-order valence-electron chi connectivity index (χ0n) is 13.5. The van der Waals surface area contributed by atoms with Crippen LogP contribution in [0.1, 0.15) is 59.8 Å². The van der Waals surface area contributed by atoms with Crippen LogP contribution in [0.4, 0.5) is 0 Å². The first kappa shape index (κ1) is 15.3. The van der Waals surface area contributed by atoms with Crippen LogP contribution in [0.25, 0.3) is 0 Å². The number of piperidine rings is 1. The van der Waals surface area contributed by atoms with Gasteiger partial charge in [-0.3, -0.25) is 0 Å². The van der Waals surface area contributed by atoms with Gasteiger partial charge in [-0.2, -0.15) is 0 Å². The van der Waals surface area contributed by atoms with Crippen LogP contribution in [-0.2, 0) is 0 Å². The van der Waals surface area contributed by atoms with Crippen LogP contribution in [0.5, 0.6) is 0 Å². The minimum absolute atomic E-state index is 0.631. The van der Waals surface area contributed by atoms with E-state index >= 15 is 0 Å². The Morgan fingerprint density at radius 1 is 1.21 bits per heavy atom. The van der Waals surface area contributed by atoms with E-state index < -0.39 is 0 Å². The second-order valence-electron chi connectivity index (χ2n) is 7.66. The number of hydrogen-bond donors (Lipinski definition) is 1. The normalized spacial score (nSPS) is 31.4. The van der Waals surface area contributed by atoms with Crippen LogP contribution < -0.4 is 5.32 Å². The minimum atomic E-state index is 0.631. The highest BCUT2D eigenvalue weighted by Gasteiger charge is 2.38. The molecule has 0 aromatic rings. The largest absolute Gasteiger partial charge is 0.316 e. The average molecular weight is 266 g/mol. The van der Waals surface area contributed by atoms with Gasteiger partial charge in [-0.15, -0.1) is 0 Å². The highest BCUT2D eigenvalue weighted by molar-refractivity contribution is 4.93. The number of nitrogens with zero attached hydrogens (tertiary/aromatic N) is 1. The molecule has 112 valence electrons. The lowest BCUT2D eigenvalue weighted by Gasteiger charge is -2.49. The lowest BCUT2D eigenvalue weighted by atomic mass is 9.74. The molecule has 2 nitrogen and oxygen atoms in total. The summed E-state index contributed by atoms with van der Waals surface area (Å²) in [5, 5.41) is 3.66. The average Bonchev–Trinajstić information content (AvgIpc) is 2.36. The summed E-state index contributed by atoms with van der Waals surface area (Å²) in [6.07, 6.45) is 7.05. The fourth-order valence-electron chi connectivity index (χ4n) is 3.58. The van der Waals surface area contributed by atoms with Crippen molar-refractivity contribution in [3.05, 3.63) is 0 Å². The molecule has 0 radical (unpaired) electrons. The maximum Gasteiger partial charge on any atom is 0.0136 e. The Morgan fingerprint density at radius 2 is 1.89 bits per heavy atom. The first-order chi connectivity index (χ1) is 9.04. The third kappa shape index (κ3) is 3.95. The summed E-state index contributed by atoms with van der Waals surface area (Å²) in [5.74, 6) is 1.70. The van der Waals surface area contributed by atoms with Gasteiger partial charge in [-0.05, 0) is 69.1 Å². The van der Waals surface area contributed by atoms with E-state index in [0.717, 1.165) is 17.9 Å². The molecule has 19 heavy (non-hydrogen) atoms. The van der Waals surface area contributed by atoms with Crippen LogP contribution in [0.2, 0.25) is 0 Å². The molecule has 2 rings (SSSR count). The molecular weight excluding hydrogens is 232 g/mol. The highest BCUT2D eigenvalue weighted by atomic mass is 15.2. The molecule has 0 bridgehead atoms. The molecular formula is C17H34N2. The molecule has 0 aromatic heterocycles. The van der Waals surface area contributed by atoms with Gasteiger partial charge in [0.25, 0.3) is 0 Å². The Balaban J connectivity index is 1.71. The third-order valence-electron chi connectivity index (χ3n) is 5.66. The summed E-state index contributed by atoms with van der Waals surface area (Å²) in [4.78, 5) is 2.79. The van der Waals surface area contributed by atoms with Gasteiger partial charge in [-0.1, -0.05) is 34.1 Å². The van der Waals surface area contributed by atoms with Crippen molar-refractivity contribution in [2.45, 2.75) is 65.8 Å². The van der Waals surface area contributed by atoms with E-state index in [1.54, 1.807) is 0 Å². The molecule has 2 unspecified atom stereocenters. The summed E-state index contributed by atoms with van der Waals surface area (Å²) in [6, 6.07) is 0.890. The van der Waals surface area contributed by atoms with Crippen LogP contribution in [0, 0.1) is 17.3 Å². The molecule has 1 N–H and O–H groups in total. The Kier molecular flexibility index (Phi) is 5.30. The van der Waals surface area contributed by atoms with Gasteiger partial charge >= 0.3 is 0 Å². The van der Waals surface area contributed by atoms with Crippen LogP contribution in [0.3, 0.4) is 0 Å². The summed E-state index contributed by atoms with van der Waals surface area (Å²) in [6.45, 7) is 14.5. The van der Waals surface area contributed by atoms with Crippen molar-refractivity contribution >= 4 is 0 Å². The Morgan fingerprint density at radius 3 is 2.37 bits per heavy atom. The topological polar surface area (TPSA) is 15.3 Å². The zero-order chi connectivity index (χ0) is 13.9. The quantitative estimate of drug-likeness (QED) is 0.791. The number of likely N-dealkylation sites (tertiary alicyclic amines) is 1. The maximum absolute atomic E-state index is 3.66. The van der Waals surface area contributed by atoms with Crippen LogP contribution in [0.15, 0.2) is 0 Å². The van der Waals surface area contributed by atoms with Crippen LogP contribution in [-0.4, -0.2) is 37.1 Å². The Labute approximate surface area is 120 Å². The summed E-state index contributed by atoms with van der Waals surface area (Å²) in [7, 11) is 0. The van der Waals surface area contributed by atoms with Gasteiger partial charge in [0.2, 0.25) is 0 Å². The lowest BCUT2D eigenvalue weighted by molar-refractivity contribution is 0.0118. The number of rotatable bonds is 6. The standard InChI is InChI=1S/C17H34N2/c1-5-17(4)8-10-19(11-9-17)16-7-6-15(16)13-18-12-14(2)3/h14-16,18H,5-13H2,1-4H3. The van der Waals surface area contributed by atoms with E-state index in [-0.39, 0.29) is 0 Å². The van der Waals surface area contributed by atoms with Gasteiger partial charge in [0.15, 0.2) is 0 Å². The fraction of sp³-hybridized carbons (Fsp3) is 1.00. The smallest absolute Gasteiger partial charge is 0.0136 e. The molecule has 2 heteroatoms. The van der Waals surface area contributed by atoms with E-state index in [1.165, 1.54) is 58.3 Å². The second kappa shape index (κ2) is 6.58. The van der Waals surface area contributed by atoms with Crippen molar-refractivity contribution in [2.75, 3.05) is 26.2 Å². The van der Waals surface area contributed by atoms with Crippen molar-refractivity contribution in [3.8, 4) is 0 Å². The Bertz CT molecular complexity index is 266. The molecule has 1 saturated heterocycles. The molecule has 1 saturated carbocycles. The van der Waals surface area contributed by atoms with E-state index in [4.69, 9.17) is 0 Å². The van der Waals surface area contributed by atoms with Gasteiger partial charge in [0, 0.05) is 6.04 Å². The third-order valence-corrected chi connectivity index (χ3v) is 5.66. The summed E-state index contributed by atoms with van der Waals surface area (Å²) < 4.78 is 0. The monoisotopic (exact) mass is 266 g/mol. The second-order valence-corrected chi connectivity index (χ2v) is 7.66. The molecule has 1 aliphatic carbocycles.